The first kappa shape index (κ1) is 14.7. The maximum atomic E-state index is 6.50. The van der Waals surface area contributed by atoms with Gasteiger partial charge in [-0.05, 0) is 48.6 Å². The molecule has 0 aromatic carbocycles. The highest BCUT2D eigenvalue weighted by Crippen LogP contribution is 2.52. The van der Waals surface area contributed by atoms with E-state index in [1.54, 1.807) is 0 Å². The fourth-order valence-electron chi connectivity index (χ4n) is 3.10. The largest absolute Gasteiger partial charge is 0.411 e. The summed E-state index contributed by atoms with van der Waals surface area (Å²) in [7, 11) is -1.07. The van der Waals surface area contributed by atoms with Gasteiger partial charge in [0.1, 0.15) is 0 Å². The van der Waals surface area contributed by atoms with E-state index in [-0.39, 0.29) is 11.0 Å². The third-order valence-electron chi connectivity index (χ3n) is 3.95. The van der Waals surface area contributed by atoms with Gasteiger partial charge in [0, 0.05) is 6.42 Å². The van der Waals surface area contributed by atoms with Gasteiger partial charge in [0.25, 0.3) is 0 Å². The summed E-state index contributed by atoms with van der Waals surface area (Å²) in [6.07, 6.45) is 2.06. The Kier molecular flexibility index (Phi) is 4.10. The highest BCUT2D eigenvalue weighted by Gasteiger charge is 2.49. The summed E-state index contributed by atoms with van der Waals surface area (Å²) in [5, 5.41) is 0. The standard InChI is InChI=1S/C15H28OSi/c1-9-13-11(2)10-15(12(13)3,14(4,5)6)16-17(7)8/h17H,2,9-10H2,1,3-8H3. The van der Waals surface area contributed by atoms with Crippen LogP contribution in [0.3, 0.4) is 0 Å². The van der Waals surface area contributed by atoms with Gasteiger partial charge < -0.3 is 4.43 Å². The minimum absolute atomic E-state index is 0.101. The van der Waals surface area contributed by atoms with E-state index in [0.717, 1.165) is 12.8 Å². The molecule has 1 aliphatic rings. The van der Waals surface area contributed by atoms with Gasteiger partial charge in [0.2, 0.25) is 0 Å². The van der Waals surface area contributed by atoms with Crippen molar-refractivity contribution >= 4 is 9.04 Å². The molecule has 0 aromatic rings. The van der Waals surface area contributed by atoms with E-state index in [2.05, 4.69) is 54.3 Å². The van der Waals surface area contributed by atoms with Crippen molar-refractivity contribution in [2.75, 3.05) is 0 Å². The number of hydrogen-bond acceptors (Lipinski definition) is 1. The predicted octanol–water partition coefficient (Wildman–Crippen LogP) is 4.46. The van der Waals surface area contributed by atoms with Crippen LogP contribution in [0.5, 0.6) is 0 Å². The SMILES string of the molecule is C=C1CC(O[SiH](C)C)(C(C)(C)C)C(C)=C1CC. The molecule has 1 unspecified atom stereocenters. The maximum absolute atomic E-state index is 6.50. The molecular formula is C15H28OSi. The molecule has 0 heterocycles. The molecule has 0 aliphatic heterocycles. The van der Waals surface area contributed by atoms with Crippen LogP contribution in [0, 0.1) is 5.41 Å². The van der Waals surface area contributed by atoms with Crippen molar-refractivity contribution in [2.24, 2.45) is 5.41 Å². The lowest BCUT2D eigenvalue weighted by Gasteiger charge is -2.45. The van der Waals surface area contributed by atoms with Crippen LogP contribution in [0.1, 0.15) is 47.5 Å². The minimum atomic E-state index is -1.07. The van der Waals surface area contributed by atoms with Crippen molar-refractivity contribution in [1.82, 2.24) is 0 Å². The van der Waals surface area contributed by atoms with E-state index in [1.165, 1.54) is 16.7 Å². The van der Waals surface area contributed by atoms with Crippen molar-refractivity contribution in [3.8, 4) is 0 Å². The van der Waals surface area contributed by atoms with Crippen LogP contribution in [0.15, 0.2) is 23.3 Å². The zero-order chi connectivity index (χ0) is 13.4. The van der Waals surface area contributed by atoms with Crippen molar-refractivity contribution in [3.05, 3.63) is 23.3 Å². The molecule has 0 radical (unpaired) electrons. The van der Waals surface area contributed by atoms with Gasteiger partial charge >= 0.3 is 0 Å². The molecule has 98 valence electrons. The Morgan fingerprint density at radius 3 is 2.18 bits per heavy atom. The van der Waals surface area contributed by atoms with Crippen molar-refractivity contribution in [2.45, 2.75) is 66.2 Å². The quantitative estimate of drug-likeness (QED) is 0.674. The molecule has 0 saturated heterocycles. The summed E-state index contributed by atoms with van der Waals surface area (Å²) >= 11 is 0. The van der Waals surface area contributed by atoms with Crippen LogP contribution < -0.4 is 0 Å². The molecule has 0 N–H and O–H groups in total. The molecule has 1 nitrogen and oxygen atoms in total. The average Bonchev–Trinajstić information content (AvgIpc) is 2.37. The lowest BCUT2D eigenvalue weighted by Crippen LogP contribution is -2.47. The van der Waals surface area contributed by atoms with E-state index in [4.69, 9.17) is 4.43 Å². The van der Waals surface area contributed by atoms with E-state index in [1.807, 2.05) is 0 Å². The van der Waals surface area contributed by atoms with Crippen LogP contribution >= 0.6 is 0 Å². The average molecular weight is 252 g/mol. The Morgan fingerprint density at radius 1 is 1.35 bits per heavy atom. The molecule has 1 rings (SSSR count). The molecule has 1 aliphatic carbocycles. The van der Waals surface area contributed by atoms with Crippen LogP contribution in [-0.2, 0) is 4.43 Å². The number of hydrogen-bond donors (Lipinski definition) is 0. The second-order valence-corrected chi connectivity index (χ2v) is 8.81. The molecule has 0 spiro atoms. The molecule has 0 bridgehead atoms. The topological polar surface area (TPSA) is 9.23 Å². The van der Waals surface area contributed by atoms with Gasteiger partial charge in [-0.3, -0.25) is 0 Å². The zero-order valence-electron chi connectivity index (χ0n) is 12.6. The van der Waals surface area contributed by atoms with Gasteiger partial charge in [0.15, 0.2) is 9.04 Å². The first-order chi connectivity index (χ1) is 7.65. The Balaban J connectivity index is 3.29. The Hall–Kier alpha value is -0.343. The lowest BCUT2D eigenvalue weighted by atomic mass is 9.72. The lowest BCUT2D eigenvalue weighted by molar-refractivity contribution is 0.00494. The van der Waals surface area contributed by atoms with Gasteiger partial charge in [-0.2, -0.15) is 0 Å². The van der Waals surface area contributed by atoms with E-state index in [9.17, 15) is 0 Å². The fraction of sp³-hybridized carbons (Fsp3) is 0.733. The van der Waals surface area contributed by atoms with Gasteiger partial charge in [-0.1, -0.05) is 34.3 Å². The third kappa shape index (κ3) is 2.43. The van der Waals surface area contributed by atoms with Gasteiger partial charge in [-0.25, -0.2) is 0 Å². The van der Waals surface area contributed by atoms with Crippen LogP contribution in [-0.4, -0.2) is 14.6 Å². The Labute approximate surface area is 109 Å². The monoisotopic (exact) mass is 252 g/mol. The van der Waals surface area contributed by atoms with Crippen LogP contribution in [0.4, 0.5) is 0 Å². The minimum Gasteiger partial charge on any atom is -0.411 e. The summed E-state index contributed by atoms with van der Waals surface area (Å²) < 4.78 is 6.50. The molecule has 0 fully saturated rings. The summed E-state index contributed by atoms with van der Waals surface area (Å²) in [5.41, 5.74) is 4.19. The molecular weight excluding hydrogens is 224 g/mol. The molecule has 17 heavy (non-hydrogen) atoms. The molecule has 1 atom stereocenters. The highest BCUT2D eigenvalue weighted by atomic mass is 28.3. The number of rotatable bonds is 3. The van der Waals surface area contributed by atoms with Gasteiger partial charge in [0.05, 0.1) is 5.60 Å². The zero-order valence-corrected chi connectivity index (χ0v) is 13.8. The molecule has 0 amide bonds. The van der Waals surface area contributed by atoms with Crippen molar-refractivity contribution in [1.29, 1.82) is 0 Å². The first-order valence-electron chi connectivity index (χ1n) is 6.72. The number of allylic oxidation sites excluding steroid dienone is 1. The normalized spacial score (nSPS) is 26.2. The Bertz CT molecular complexity index is 346. The smallest absolute Gasteiger partial charge is 0.172 e. The van der Waals surface area contributed by atoms with Crippen molar-refractivity contribution < 1.29 is 4.43 Å². The van der Waals surface area contributed by atoms with E-state index >= 15 is 0 Å². The summed E-state index contributed by atoms with van der Waals surface area (Å²) in [6.45, 7) is 20.1. The third-order valence-corrected chi connectivity index (χ3v) is 4.82. The predicted molar refractivity (Wildman–Crippen MR) is 78.9 cm³/mol. The van der Waals surface area contributed by atoms with Gasteiger partial charge in [-0.15, -0.1) is 0 Å². The van der Waals surface area contributed by atoms with Crippen LogP contribution in [0.2, 0.25) is 13.1 Å². The van der Waals surface area contributed by atoms with Crippen molar-refractivity contribution in [3.63, 3.8) is 0 Å². The summed E-state index contributed by atoms with van der Waals surface area (Å²) in [4.78, 5) is 0. The Morgan fingerprint density at radius 2 is 1.88 bits per heavy atom. The fourth-order valence-corrected chi connectivity index (χ4v) is 4.52. The second kappa shape index (κ2) is 4.73. The molecule has 2 heteroatoms. The first-order valence-corrected chi connectivity index (χ1v) is 9.50. The van der Waals surface area contributed by atoms with E-state index < -0.39 is 9.04 Å². The molecule has 0 aromatic heterocycles. The summed E-state index contributed by atoms with van der Waals surface area (Å²) in [6, 6.07) is 0. The summed E-state index contributed by atoms with van der Waals surface area (Å²) in [5.74, 6) is 0. The van der Waals surface area contributed by atoms with E-state index in [0.29, 0.717) is 0 Å². The second-order valence-electron chi connectivity index (χ2n) is 6.48. The molecule has 0 saturated carbocycles. The maximum Gasteiger partial charge on any atom is 0.172 e. The highest BCUT2D eigenvalue weighted by molar-refractivity contribution is 6.48. The van der Waals surface area contributed by atoms with Crippen LogP contribution in [0.25, 0.3) is 0 Å².